The minimum absolute atomic E-state index is 0.133. The number of anilines is 1. The van der Waals surface area contributed by atoms with Crippen molar-refractivity contribution in [1.29, 1.82) is 0 Å². The molecule has 1 aromatic carbocycles. The quantitative estimate of drug-likeness (QED) is 0.244. The van der Waals surface area contributed by atoms with Gasteiger partial charge in [0.15, 0.2) is 5.16 Å². The number of para-hydroxylation sites is 1. The maximum atomic E-state index is 13.6. The number of amides is 1. The Morgan fingerprint density at radius 3 is 2.72 bits per heavy atom. The topological polar surface area (TPSA) is 77.1 Å². The third-order valence-electron chi connectivity index (χ3n) is 4.73. The van der Waals surface area contributed by atoms with Crippen LogP contribution in [0.1, 0.15) is 5.76 Å². The third-order valence-corrected chi connectivity index (χ3v) is 7.48. The number of hydrogen-bond acceptors (Lipinski definition) is 7. The Labute approximate surface area is 195 Å². The highest BCUT2D eigenvalue weighted by molar-refractivity contribution is 7.99. The number of furan rings is 1. The summed E-state index contributed by atoms with van der Waals surface area (Å²) in [5.41, 5.74) is 1.49. The summed E-state index contributed by atoms with van der Waals surface area (Å²) in [4.78, 5) is 32.5. The van der Waals surface area contributed by atoms with Gasteiger partial charge in [0.25, 0.3) is 5.56 Å². The van der Waals surface area contributed by atoms with Gasteiger partial charge in [-0.05, 0) is 35.7 Å². The zero-order valence-electron chi connectivity index (χ0n) is 16.7. The number of nitrogens with one attached hydrogen (secondary N) is 1. The number of thiophene rings is 2. The van der Waals surface area contributed by atoms with Crippen LogP contribution < -0.4 is 10.9 Å². The maximum absolute atomic E-state index is 13.6. The largest absolute Gasteiger partial charge is 0.467 e. The van der Waals surface area contributed by atoms with E-state index in [0.29, 0.717) is 21.1 Å². The lowest BCUT2D eigenvalue weighted by atomic mass is 10.2. The second-order valence-electron chi connectivity index (χ2n) is 6.87. The molecule has 0 spiro atoms. The summed E-state index contributed by atoms with van der Waals surface area (Å²) in [6.45, 7) is 0.247. The molecule has 0 radical (unpaired) electrons. The predicted molar refractivity (Wildman–Crippen MR) is 131 cm³/mol. The Morgan fingerprint density at radius 2 is 1.97 bits per heavy atom. The van der Waals surface area contributed by atoms with Gasteiger partial charge in [-0.25, -0.2) is 4.98 Å². The second kappa shape index (κ2) is 9.15. The van der Waals surface area contributed by atoms with Crippen LogP contribution in [0.25, 0.3) is 20.7 Å². The van der Waals surface area contributed by atoms with Gasteiger partial charge in [-0.15, -0.1) is 22.7 Å². The monoisotopic (exact) mass is 479 g/mol. The first-order chi connectivity index (χ1) is 15.7. The van der Waals surface area contributed by atoms with E-state index in [2.05, 4.69) is 5.32 Å². The Kier molecular flexibility index (Phi) is 5.93. The van der Waals surface area contributed by atoms with E-state index in [1.807, 2.05) is 59.3 Å². The summed E-state index contributed by atoms with van der Waals surface area (Å²) in [5, 5.41) is 7.91. The molecule has 1 amide bonds. The normalized spacial score (nSPS) is 11.1. The van der Waals surface area contributed by atoms with Crippen molar-refractivity contribution in [1.82, 2.24) is 9.55 Å². The first-order valence-electron chi connectivity index (χ1n) is 9.75. The SMILES string of the molecule is O=C(CSc1nc2scc(-c3cccs3)c2c(=O)n1Cc1ccco1)Nc1ccccc1. The molecule has 4 aromatic heterocycles. The standard InChI is InChI=1S/C23H17N3O3S3/c27-19(24-15-6-2-1-3-7-15)14-32-23-25-21-20(17(13-31-21)18-9-5-11-30-18)22(28)26(23)12-16-8-4-10-29-16/h1-11,13H,12,14H2,(H,24,27). The van der Waals surface area contributed by atoms with Crippen LogP contribution in [0, 0.1) is 0 Å². The molecule has 4 heterocycles. The summed E-state index contributed by atoms with van der Waals surface area (Å²) in [7, 11) is 0. The number of nitrogens with zero attached hydrogens (tertiary/aromatic N) is 2. The highest BCUT2D eigenvalue weighted by Gasteiger charge is 2.19. The molecule has 5 aromatic rings. The van der Waals surface area contributed by atoms with Gasteiger partial charge in [-0.3, -0.25) is 14.2 Å². The van der Waals surface area contributed by atoms with Crippen molar-refractivity contribution in [3.8, 4) is 10.4 Å². The van der Waals surface area contributed by atoms with E-state index >= 15 is 0 Å². The summed E-state index contributed by atoms with van der Waals surface area (Å²) < 4.78 is 7.07. The molecule has 1 N–H and O–H groups in total. The zero-order valence-corrected chi connectivity index (χ0v) is 19.1. The molecule has 0 bridgehead atoms. The van der Waals surface area contributed by atoms with Crippen LogP contribution in [-0.4, -0.2) is 21.2 Å². The van der Waals surface area contributed by atoms with Crippen LogP contribution >= 0.6 is 34.4 Å². The van der Waals surface area contributed by atoms with Gasteiger partial charge in [-0.1, -0.05) is 36.0 Å². The molecule has 0 aliphatic heterocycles. The lowest BCUT2D eigenvalue weighted by Crippen LogP contribution is -2.24. The van der Waals surface area contributed by atoms with Gasteiger partial charge >= 0.3 is 0 Å². The number of carbonyl (C=O) groups is 1. The maximum Gasteiger partial charge on any atom is 0.264 e. The van der Waals surface area contributed by atoms with E-state index < -0.39 is 0 Å². The van der Waals surface area contributed by atoms with Crippen LogP contribution in [0.5, 0.6) is 0 Å². The van der Waals surface area contributed by atoms with Crippen molar-refractivity contribution in [2.24, 2.45) is 0 Å². The van der Waals surface area contributed by atoms with Gasteiger partial charge in [0, 0.05) is 21.5 Å². The van der Waals surface area contributed by atoms with Crippen molar-refractivity contribution < 1.29 is 9.21 Å². The van der Waals surface area contributed by atoms with Crippen LogP contribution in [0.15, 0.2) is 86.0 Å². The fourth-order valence-electron chi connectivity index (χ4n) is 3.28. The van der Waals surface area contributed by atoms with Gasteiger partial charge in [-0.2, -0.15) is 0 Å². The van der Waals surface area contributed by atoms with Crippen LogP contribution in [-0.2, 0) is 11.3 Å². The number of aromatic nitrogens is 2. The Morgan fingerprint density at radius 1 is 1.09 bits per heavy atom. The summed E-state index contributed by atoms with van der Waals surface area (Å²) in [6, 6.07) is 16.8. The van der Waals surface area contributed by atoms with Crippen LogP contribution in [0.2, 0.25) is 0 Å². The highest BCUT2D eigenvalue weighted by Crippen LogP contribution is 2.34. The Balaban J connectivity index is 1.49. The third kappa shape index (κ3) is 4.27. The van der Waals surface area contributed by atoms with Gasteiger partial charge in [0.05, 0.1) is 23.9 Å². The first kappa shape index (κ1) is 20.7. The molecule has 32 heavy (non-hydrogen) atoms. The molecular formula is C23H17N3O3S3. The van der Waals surface area contributed by atoms with Gasteiger partial charge in [0.2, 0.25) is 5.91 Å². The number of rotatable bonds is 7. The van der Waals surface area contributed by atoms with Crippen molar-refractivity contribution in [2.75, 3.05) is 11.1 Å². The molecule has 6 nitrogen and oxygen atoms in total. The fourth-order valence-corrected chi connectivity index (χ4v) is 5.88. The minimum atomic E-state index is -0.162. The molecule has 0 saturated carbocycles. The van der Waals surface area contributed by atoms with Crippen molar-refractivity contribution >= 4 is 56.2 Å². The summed E-state index contributed by atoms with van der Waals surface area (Å²) in [6.07, 6.45) is 1.58. The molecular weight excluding hydrogens is 462 g/mol. The van der Waals surface area contributed by atoms with Crippen molar-refractivity contribution in [3.05, 3.63) is 87.7 Å². The van der Waals surface area contributed by atoms with Crippen molar-refractivity contribution in [3.63, 3.8) is 0 Å². The number of hydrogen-bond donors (Lipinski definition) is 1. The number of carbonyl (C=O) groups excluding carboxylic acids is 1. The molecule has 0 fully saturated rings. The highest BCUT2D eigenvalue weighted by atomic mass is 32.2. The van der Waals surface area contributed by atoms with E-state index in [4.69, 9.17) is 9.40 Å². The van der Waals surface area contributed by atoms with Gasteiger partial charge < -0.3 is 9.73 Å². The molecule has 0 unspecified atom stereocenters. The number of thioether (sulfide) groups is 1. The van der Waals surface area contributed by atoms with Crippen LogP contribution in [0.4, 0.5) is 5.69 Å². The average molecular weight is 480 g/mol. The Hall–Kier alpha value is -3.14. The van der Waals surface area contributed by atoms with E-state index in [9.17, 15) is 9.59 Å². The van der Waals surface area contributed by atoms with Crippen LogP contribution in [0.3, 0.4) is 0 Å². The molecule has 160 valence electrons. The molecule has 0 aliphatic rings. The smallest absolute Gasteiger partial charge is 0.264 e. The van der Waals surface area contributed by atoms with Crippen molar-refractivity contribution in [2.45, 2.75) is 11.7 Å². The molecule has 0 saturated heterocycles. The molecule has 5 rings (SSSR count). The lowest BCUT2D eigenvalue weighted by molar-refractivity contribution is -0.113. The lowest BCUT2D eigenvalue weighted by Gasteiger charge is -2.11. The van der Waals surface area contributed by atoms with E-state index in [1.165, 1.54) is 23.1 Å². The molecule has 0 atom stereocenters. The number of fused-ring (bicyclic) bond motifs is 1. The minimum Gasteiger partial charge on any atom is -0.467 e. The van der Waals surface area contributed by atoms with E-state index in [0.717, 1.165) is 16.1 Å². The first-order valence-corrected chi connectivity index (χ1v) is 12.5. The number of benzene rings is 1. The van der Waals surface area contributed by atoms with E-state index in [-0.39, 0.29) is 23.8 Å². The van der Waals surface area contributed by atoms with Gasteiger partial charge in [0.1, 0.15) is 10.6 Å². The summed E-state index contributed by atoms with van der Waals surface area (Å²) in [5.74, 6) is 0.621. The predicted octanol–water partition coefficient (Wildman–Crippen LogP) is 5.56. The Bertz CT molecular complexity index is 1410. The average Bonchev–Trinajstić information content (AvgIpc) is 3.57. The molecule has 9 heteroatoms. The summed E-state index contributed by atoms with van der Waals surface area (Å²) >= 11 is 4.27. The fraction of sp³-hybridized carbons (Fsp3) is 0.0870. The second-order valence-corrected chi connectivity index (χ2v) is 9.62. The molecule has 0 aliphatic carbocycles. The van der Waals surface area contributed by atoms with E-state index in [1.54, 1.807) is 28.2 Å². The zero-order chi connectivity index (χ0) is 21.9.